The zero-order valence-electron chi connectivity index (χ0n) is 25.0. The topological polar surface area (TPSA) is 80.6 Å². The molecule has 0 radical (unpaired) electrons. The van der Waals surface area contributed by atoms with E-state index in [4.69, 9.17) is 4.74 Å². The van der Waals surface area contributed by atoms with Gasteiger partial charge in [-0.25, -0.2) is 17.2 Å². The Morgan fingerprint density at radius 3 is 2.34 bits per heavy atom. The van der Waals surface area contributed by atoms with Gasteiger partial charge in [-0.2, -0.15) is 4.31 Å². The van der Waals surface area contributed by atoms with Crippen molar-refractivity contribution in [2.24, 2.45) is 5.92 Å². The van der Waals surface area contributed by atoms with E-state index in [9.17, 15) is 22.0 Å². The Kier molecular flexibility index (Phi) is 9.96. The molecule has 1 N–H and O–H groups in total. The molecule has 2 heterocycles. The van der Waals surface area contributed by atoms with Crippen LogP contribution in [0.2, 0.25) is 0 Å². The van der Waals surface area contributed by atoms with Crippen LogP contribution in [0.15, 0.2) is 29.2 Å². The van der Waals surface area contributed by atoms with Crippen LogP contribution in [0.3, 0.4) is 0 Å². The predicted molar refractivity (Wildman–Crippen MR) is 157 cm³/mol. The van der Waals surface area contributed by atoms with E-state index < -0.39 is 27.6 Å². The number of amides is 1. The maximum Gasteiger partial charge on any atom is 0.265 e. The van der Waals surface area contributed by atoms with E-state index in [2.05, 4.69) is 9.88 Å². The van der Waals surface area contributed by atoms with Crippen molar-refractivity contribution in [1.29, 1.82) is 0 Å². The first-order chi connectivity index (χ1) is 19.3. The van der Waals surface area contributed by atoms with Gasteiger partial charge in [0.05, 0.1) is 10.5 Å². The number of alkyl halides is 2. The largest absolute Gasteiger partial charge is 0.381 e. The number of rotatable bonds is 9. The molecular formula is C31H45F2N3O4S. The van der Waals surface area contributed by atoms with Crippen molar-refractivity contribution >= 4 is 15.9 Å². The summed E-state index contributed by atoms with van der Waals surface area (Å²) in [7, 11) is -4.18. The fourth-order valence-electron chi connectivity index (χ4n) is 6.32. The van der Waals surface area contributed by atoms with Gasteiger partial charge in [0, 0.05) is 54.8 Å². The lowest BCUT2D eigenvalue weighted by molar-refractivity contribution is 0.0696. The molecule has 2 fully saturated rings. The SMILES string of the molecule is CCN(C(C)(C)C)S(=O)(=O)c1ccc(-c2cc(C(=O)NC3CCOCC3)c(C)n2CC2CCCCC2)cc1C(F)F. The molecule has 228 valence electrons. The highest BCUT2D eigenvalue weighted by Crippen LogP contribution is 2.37. The Labute approximate surface area is 243 Å². The number of hydrogen-bond acceptors (Lipinski definition) is 4. The van der Waals surface area contributed by atoms with Crippen molar-refractivity contribution in [3.05, 3.63) is 41.1 Å². The molecule has 0 atom stereocenters. The molecule has 7 nitrogen and oxygen atoms in total. The van der Waals surface area contributed by atoms with E-state index in [-0.39, 0.29) is 23.4 Å². The van der Waals surface area contributed by atoms with Gasteiger partial charge in [0.2, 0.25) is 10.0 Å². The minimum Gasteiger partial charge on any atom is -0.381 e. The lowest BCUT2D eigenvalue weighted by Crippen LogP contribution is -2.45. The average molecular weight is 594 g/mol. The molecule has 0 spiro atoms. The van der Waals surface area contributed by atoms with Crippen molar-refractivity contribution in [3.63, 3.8) is 0 Å². The van der Waals surface area contributed by atoms with Gasteiger partial charge in [-0.1, -0.05) is 32.3 Å². The van der Waals surface area contributed by atoms with Crippen LogP contribution in [0.5, 0.6) is 0 Å². The summed E-state index contributed by atoms with van der Waals surface area (Å²) in [6, 6.07) is 6.00. The van der Waals surface area contributed by atoms with E-state index in [1.54, 1.807) is 39.8 Å². The highest BCUT2D eigenvalue weighted by Gasteiger charge is 2.36. The second-order valence-corrected chi connectivity index (χ2v) is 14.2. The normalized spacial score (nSPS) is 17.9. The summed E-state index contributed by atoms with van der Waals surface area (Å²) in [4.78, 5) is 13.0. The molecule has 10 heteroatoms. The summed E-state index contributed by atoms with van der Waals surface area (Å²) in [5.74, 6) is 0.245. The predicted octanol–water partition coefficient (Wildman–Crippen LogP) is 6.70. The smallest absolute Gasteiger partial charge is 0.265 e. The molecule has 2 aromatic rings. The summed E-state index contributed by atoms with van der Waals surface area (Å²) >= 11 is 0. The fraction of sp³-hybridized carbons (Fsp3) is 0.645. The fourth-order valence-corrected chi connectivity index (χ4v) is 8.30. The molecule has 1 aromatic carbocycles. The van der Waals surface area contributed by atoms with Crippen LogP contribution in [-0.2, 0) is 21.3 Å². The average Bonchev–Trinajstić information content (AvgIpc) is 3.24. The zero-order chi connectivity index (χ0) is 29.9. The highest BCUT2D eigenvalue weighted by atomic mass is 32.2. The van der Waals surface area contributed by atoms with Gasteiger partial charge in [-0.15, -0.1) is 0 Å². The lowest BCUT2D eigenvalue weighted by Gasteiger charge is -2.34. The summed E-state index contributed by atoms with van der Waals surface area (Å²) in [5, 5.41) is 3.13. The second-order valence-electron chi connectivity index (χ2n) is 12.4. The minimum absolute atomic E-state index is 0.0278. The molecule has 0 unspecified atom stereocenters. The van der Waals surface area contributed by atoms with Gasteiger partial charge in [-0.05, 0) is 83.1 Å². The Balaban J connectivity index is 1.78. The van der Waals surface area contributed by atoms with Gasteiger partial charge in [0.1, 0.15) is 0 Å². The molecule has 1 saturated heterocycles. The monoisotopic (exact) mass is 593 g/mol. The van der Waals surface area contributed by atoms with Crippen molar-refractivity contribution in [3.8, 4) is 11.3 Å². The molecule has 4 rings (SSSR count). The number of nitrogens with zero attached hydrogens (tertiary/aromatic N) is 2. The first-order valence-corrected chi connectivity index (χ1v) is 16.3. The van der Waals surface area contributed by atoms with Gasteiger partial charge in [0.15, 0.2) is 0 Å². The Hall–Kier alpha value is -2.30. The number of halogens is 2. The van der Waals surface area contributed by atoms with E-state index in [0.29, 0.717) is 42.5 Å². The number of benzene rings is 1. The second kappa shape index (κ2) is 12.9. The van der Waals surface area contributed by atoms with Crippen molar-refractivity contribution in [2.45, 2.75) is 109 Å². The van der Waals surface area contributed by atoms with Crippen LogP contribution in [0, 0.1) is 12.8 Å². The molecule has 1 aliphatic carbocycles. The third kappa shape index (κ3) is 7.03. The lowest BCUT2D eigenvalue weighted by atomic mass is 9.89. The first kappa shape index (κ1) is 31.6. The first-order valence-electron chi connectivity index (χ1n) is 14.9. The van der Waals surface area contributed by atoms with E-state index >= 15 is 0 Å². The molecule has 0 bridgehead atoms. The maximum absolute atomic E-state index is 14.5. The standard InChI is InChI=1S/C31H45F2N3O4S/c1-6-36(31(3,4)5)41(38,39)28-13-12-23(18-26(28)29(32)33)27-19-25(30(37)34-24-14-16-40-17-15-24)21(2)35(27)20-22-10-8-7-9-11-22/h12-13,18-19,22,24,29H,6-11,14-17,20H2,1-5H3,(H,34,37). The van der Waals surface area contributed by atoms with Crippen molar-refractivity contribution in [1.82, 2.24) is 14.2 Å². The quantitative estimate of drug-likeness (QED) is 0.351. The van der Waals surface area contributed by atoms with Crippen LogP contribution in [0.4, 0.5) is 8.78 Å². The summed E-state index contributed by atoms with van der Waals surface area (Å²) < 4.78 is 64.9. The number of carbonyl (C=O) groups excluding carboxylic acids is 1. The molecule has 1 aliphatic heterocycles. The van der Waals surface area contributed by atoms with Gasteiger partial charge in [0.25, 0.3) is 12.3 Å². The van der Waals surface area contributed by atoms with Crippen molar-refractivity contribution in [2.75, 3.05) is 19.8 Å². The summed E-state index contributed by atoms with van der Waals surface area (Å²) in [6.45, 7) is 10.9. The molecule has 2 aliphatic rings. The Bertz CT molecular complexity index is 1320. The number of aromatic nitrogens is 1. The van der Waals surface area contributed by atoms with Crippen LogP contribution in [0.1, 0.15) is 101 Å². The molecule has 1 saturated carbocycles. The Morgan fingerprint density at radius 1 is 1.10 bits per heavy atom. The third-order valence-electron chi connectivity index (χ3n) is 8.48. The maximum atomic E-state index is 14.5. The van der Waals surface area contributed by atoms with E-state index in [1.165, 1.54) is 22.9 Å². The number of nitrogens with one attached hydrogen (secondary N) is 1. The number of sulfonamides is 1. The third-order valence-corrected chi connectivity index (χ3v) is 10.8. The van der Waals surface area contributed by atoms with E-state index in [1.807, 2.05) is 6.92 Å². The summed E-state index contributed by atoms with van der Waals surface area (Å²) in [5.41, 5.74) is 1.13. The number of ether oxygens (including phenoxy) is 1. The minimum atomic E-state index is -4.18. The van der Waals surface area contributed by atoms with Gasteiger partial charge < -0.3 is 14.6 Å². The summed E-state index contributed by atoms with van der Waals surface area (Å²) in [6.07, 6.45) is 4.19. The Morgan fingerprint density at radius 2 is 1.76 bits per heavy atom. The molecular weight excluding hydrogens is 548 g/mol. The number of hydrogen-bond donors (Lipinski definition) is 1. The van der Waals surface area contributed by atoms with Crippen LogP contribution >= 0.6 is 0 Å². The van der Waals surface area contributed by atoms with Crippen LogP contribution in [-0.4, -0.2) is 54.5 Å². The van der Waals surface area contributed by atoms with Crippen molar-refractivity contribution < 1.29 is 26.7 Å². The zero-order valence-corrected chi connectivity index (χ0v) is 25.8. The number of carbonyl (C=O) groups is 1. The molecule has 1 aromatic heterocycles. The van der Waals surface area contributed by atoms with E-state index in [0.717, 1.165) is 44.2 Å². The van der Waals surface area contributed by atoms with Gasteiger partial charge >= 0.3 is 0 Å². The van der Waals surface area contributed by atoms with Crippen LogP contribution < -0.4 is 5.32 Å². The van der Waals surface area contributed by atoms with Gasteiger partial charge in [-0.3, -0.25) is 4.79 Å². The highest BCUT2D eigenvalue weighted by molar-refractivity contribution is 7.89. The van der Waals surface area contributed by atoms with Crippen LogP contribution in [0.25, 0.3) is 11.3 Å². The molecule has 41 heavy (non-hydrogen) atoms. The molecule has 1 amide bonds.